The number of sulfonamides is 1. The fourth-order valence-electron chi connectivity index (χ4n) is 1.86. The number of aromatic nitrogens is 3. The first-order valence-corrected chi connectivity index (χ1v) is 8.54. The standard InChI is InChI=1S/C14H15N5O4S/c1-2-9-23-14(20)13-17-12(7-8-15)19(18-13)10-3-5-11(6-4-10)24(16,21)22/h3-6H,2,7,9H2,1H3,(H2,16,21,22). The van der Waals surface area contributed by atoms with Gasteiger partial charge in [-0.15, -0.1) is 5.10 Å². The van der Waals surface area contributed by atoms with Crippen molar-refractivity contribution in [3.05, 3.63) is 35.9 Å². The maximum atomic E-state index is 11.9. The van der Waals surface area contributed by atoms with Gasteiger partial charge < -0.3 is 4.74 Å². The van der Waals surface area contributed by atoms with Gasteiger partial charge >= 0.3 is 5.97 Å². The van der Waals surface area contributed by atoms with E-state index in [4.69, 9.17) is 15.1 Å². The van der Waals surface area contributed by atoms with Gasteiger partial charge in [-0.3, -0.25) is 0 Å². The molecule has 0 radical (unpaired) electrons. The van der Waals surface area contributed by atoms with E-state index in [9.17, 15) is 13.2 Å². The summed E-state index contributed by atoms with van der Waals surface area (Å²) in [6.07, 6.45) is 0.581. The van der Waals surface area contributed by atoms with Gasteiger partial charge in [0.25, 0.3) is 5.82 Å². The molecule has 2 N–H and O–H groups in total. The van der Waals surface area contributed by atoms with Gasteiger partial charge in [-0.25, -0.2) is 28.0 Å². The second kappa shape index (κ2) is 7.20. The Morgan fingerprint density at radius 3 is 2.58 bits per heavy atom. The van der Waals surface area contributed by atoms with Gasteiger partial charge in [0.2, 0.25) is 10.0 Å². The van der Waals surface area contributed by atoms with Gasteiger partial charge in [-0.05, 0) is 30.7 Å². The van der Waals surface area contributed by atoms with E-state index in [-0.39, 0.29) is 29.6 Å². The summed E-state index contributed by atoms with van der Waals surface area (Å²) in [7, 11) is -3.81. The number of nitrogens with zero attached hydrogens (tertiary/aromatic N) is 4. The molecule has 1 aromatic carbocycles. The molecule has 0 spiro atoms. The normalized spacial score (nSPS) is 11.0. The summed E-state index contributed by atoms with van der Waals surface area (Å²) < 4.78 is 28.8. The van der Waals surface area contributed by atoms with Crippen LogP contribution in [0.4, 0.5) is 0 Å². The fourth-order valence-corrected chi connectivity index (χ4v) is 2.37. The van der Waals surface area contributed by atoms with E-state index in [0.717, 1.165) is 0 Å². The zero-order chi connectivity index (χ0) is 17.7. The predicted molar refractivity (Wildman–Crippen MR) is 82.6 cm³/mol. The topological polar surface area (TPSA) is 141 Å². The molecule has 0 saturated carbocycles. The number of ether oxygens (including phenoxy) is 1. The molecule has 0 aliphatic rings. The van der Waals surface area contributed by atoms with E-state index in [1.807, 2.05) is 13.0 Å². The molecule has 0 amide bonds. The second-order valence-corrected chi connectivity index (χ2v) is 6.33. The lowest BCUT2D eigenvalue weighted by Crippen LogP contribution is -2.12. The van der Waals surface area contributed by atoms with Crippen LogP contribution in [-0.4, -0.2) is 35.8 Å². The summed E-state index contributed by atoms with van der Waals surface area (Å²) in [4.78, 5) is 15.8. The van der Waals surface area contributed by atoms with Crippen LogP contribution >= 0.6 is 0 Å². The van der Waals surface area contributed by atoms with Crippen molar-refractivity contribution in [2.24, 2.45) is 5.14 Å². The minimum atomic E-state index is -3.81. The Bertz CT molecular complexity index is 881. The number of hydrogen-bond acceptors (Lipinski definition) is 7. The molecule has 0 bridgehead atoms. The van der Waals surface area contributed by atoms with E-state index in [1.165, 1.54) is 28.9 Å². The largest absolute Gasteiger partial charge is 0.460 e. The van der Waals surface area contributed by atoms with Crippen molar-refractivity contribution in [1.82, 2.24) is 14.8 Å². The highest BCUT2D eigenvalue weighted by molar-refractivity contribution is 7.89. The lowest BCUT2D eigenvalue weighted by Gasteiger charge is -2.04. The summed E-state index contributed by atoms with van der Waals surface area (Å²) in [5.41, 5.74) is 0.440. The molecule has 1 heterocycles. The van der Waals surface area contributed by atoms with Crippen molar-refractivity contribution in [2.45, 2.75) is 24.7 Å². The molecule has 24 heavy (non-hydrogen) atoms. The lowest BCUT2D eigenvalue weighted by molar-refractivity contribution is 0.0490. The van der Waals surface area contributed by atoms with Crippen LogP contribution in [0.5, 0.6) is 0 Å². The first-order chi connectivity index (χ1) is 11.4. The molecule has 2 aromatic rings. The molecule has 0 aliphatic heterocycles. The molecule has 9 nitrogen and oxygen atoms in total. The van der Waals surface area contributed by atoms with Gasteiger partial charge in [0.1, 0.15) is 5.82 Å². The highest BCUT2D eigenvalue weighted by Gasteiger charge is 2.19. The molecule has 0 unspecified atom stereocenters. The third-order valence-electron chi connectivity index (χ3n) is 2.94. The molecular formula is C14H15N5O4S. The summed E-state index contributed by atoms with van der Waals surface area (Å²) in [5, 5.41) is 18.0. The van der Waals surface area contributed by atoms with Crippen molar-refractivity contribution in [3.63, 3.8) is 0 Å². The van der Waals surface area contributed by atoms with Crippen LogP contribution in [0.2, 0.25) is 0 Å². The Morgan fingerprint density at radius 1 is 1.38 bits per heavy atom. The van der Waals surface area contributed by atoms with Crippen LogP contribution in [0.25, 0.3) is 5.69 Å². The third-order valence-corrected chi connectivity index (χ3v) is 3.87. The average Bonchev–Trinajstić information content (AvgIpc) is 2.96. The number of primary sulfonamides is 1. The number of rotatable bonds is 6. The van der Waals surface area contributed by atoms with Gasteiger partial charge in [-0.2, -0.15) is 5.26 Å². The molecule has 1 aromatic heterocycles. The minimum Gasteiger partial charge on any atom is -0.460 e. The summed E-state index contributed by atoms with van der Waals surface area (Å²) in [6.45, 7) is 2.09. The molecule has 126 valence electrons. The molecule has 2 rings (SSSR count). The minimum absolute atomic E-state index is 0.0595. The lowest BCUT2D eigenvalue weighted by atomic mass is 10.3. The van der Waals surface area contributed by atoms with Gasteiger partial charge in [0, 0.05) is 0 Å². The number of carbonyl (C=O) groups is 1. The predicted octanol–water partition coefficient (Wildman–Crippen LogP) is 0.548. The van der Waals surface area contributed by atoms with Gasteiger partial charge in [0.05, 0.1) is 29.7 Å². The molecule has 0 fully saturated rings. The Balaban J connectivity index is 2.40. The van der Waals surface area contributed by atoms with Crippen molar-refractivity contribution in [2.75, 3.05) is 6.61 Å². The fraction of sp³-hybridized carbons (Fsp3) is 0.286. The van der Waals surface area contributed by atoms with E-state index in [1.54, 1.807) is 0 Å². The Hall–Kier alpha value is -2.77. The molecule has 0 saturated heterocycles. The maximum Gasteiger partial charge on any atom is 0.378 e. The van der Waals surface area contributed by atoms with Crippen LogP contribution < -0.4 is 5.14 Å². The highest BCUT2D eigenvalue weighted by Crippen LogP contribution is 2.14. The van der Waals surface area contributed by atoms with Crippen molar-refractivity contribution in [3.8, 4) is 11.8 Å². The number of carbonyl (C=O) groups excluding carboxylic acids is 1. The van der Waals surface area contributed by atoms with Crippen LogP contribution in [0, 0.1) is 11.3 Å². The third kappa shape index (κ3) is 3.95. The van der Waals surface area contributed by atoms with Crippen molar-refractivity contribution >= 4 is 16.0 Å². The van der Waals surface area contributed by atoms with Gasteiger partial charge in [-0.1, -0.05) is 6.92 Å². The SMILES string of the molecule is CCCOC(=O)c1nc(CC#N)n(-c2ccc(S(N)(=O)=O)cc2)n1. The van der Waals surface area contributed by atoms with E-state index in [0.29, 0.717) is 12.1 Å². The highest BCUT2D eigenvalue weighted by atomic mass is 32.2. The Morgan fingerprint density at radius 2 is 2.04 bits per heavy atom. The summed E-state index contributed by atoms with van der Waals surface area (Å²) in [5.74, 6) is -0.607. The first-order valence-electron chi connectivity index (χ1n) is 7.00. The van der Waals surface area contributed by atoms with Crippen LogP contribution in [0.1, 0.15) is 29.8 Å². The Labute approximate surface area is 138 Å². The van der Waals surface area contributed by atoms with Crippen LogP contribution in [-0.2, 0) is 21.2 Å². The van der Waals surface area contributed by atoms with E-state index < -0.39 is 16.0 Å². The van der Waals surface area contributed by atoms with Crippen LogP contribution in [0.15, 0.2) is 29.2 Å². The molecular weight excluding hydrogens is 334 g/mol. The second-order valence-electron chi connectivity index (χ2n) is 4.77. The number of nitriles is 1. The number of esters is 1. The summed E-state index contributed by atoms with van der Waals surface area (Å²) in [6, 6.07) is 7.45. The number of nitrogens with two attached hydrogens (primary N) is 1. The Kier molecular flexibility index (Phi) is 5.28. The zero-order valence-electron chi connectivity index (χ0n) is 12.8. The molecule has 0 aliphatic carbocycles. The first kappa shape index (κ1) is 17.6. The average molecular weight is 349 g/mol. The van der Waals surface area contributed by atoms with Crippen molar-refractivity contribution < 1.29 is 17.9 Å². The number of benzene rings is 1. The van der Waals surface area contributed by atoms with Crippen molar-refractivity contribution in [1.29, 1.82) is 5.26 Å². The van der Waals surface area contributed by atoms with Crippen LogP contribution in [0.3, 0.4) is 0 Å². The quantitative estimate of drug-likeness (QED) is 0.750. The molecule has 10 heteroatoms. The smallest absolute Gasteiger partial charge is 0.378 e. The van der Waals surface area contributed by atoms with E-state index >= 15 is 0 Å². The number of hydrogen-bond donors (Lipinski definition) is 1. The summed E-state index contributed by atoms with van der Waals surface area (Å²) >= 11 is 0. The monoisotopic (exact) mass is 349 g/mol. The van der Waals surface area contributed by atoms with Gasteiger partial charge in [0.15, 0.2) is 0 Å². The van der Waals surface area contributed by atoms with E-state index in [2.05, 4.69) is 10.1 Å². The maximum absolute atomic E-state index is 11.9. The zero-order valence-corrected chi connectivity index (χ0v) is 13.7. The molecule has 0 atom stereocenters.